The number of amides is 1. The first-order valence-electron chi connectivity index (χ1n) is 10.1. The van der Waals surface area contributed by atoms with Gasteiger partial charge in [-0.25, -0.2) is 13.8 Å². The fourth-order valence-corrected chi connectivity index (χ4v) is 4.22. The molecule has 0 radical (unpaired) electrons. The second kappa shape index (κ2) is 10.6. The second-order valence-corrected chi connectivity index (χ2v) is 9.01. The van der Waals surface area contributed by atoms with Gasteiger partial charge in [-0.15, -0.1) is 0 Å². The molecule has 172 valence electrons. The standard InChI is InChI=1S/C24H25N3O5S/c1-18(24(28)26-25-17-19-9-13-21(31-2)14-10-19)27(33(3,29)30)20-11-15-23(16-12-20)32-22-7-5-4-6-8-22/h4-18H,1-3H3,(H,26,28)/b25-17-/t18-/m0/s1. The monoisotopic (exact) mass is 467 g/mol. The zero-order valence-corrected chi connectivity index (χ0v) is 19.3. The van der Waals surface area contributed by atoms with E-state index in [0.717, 1.165) is 16.1 Å². The summed E-state index contributed by atoms with van der Waals surface area (Å²) in [5, 5.41) is 3.93. The zero-order chi connectivity index (χ0) is 23.8. The van der Waals surface area contributed by atoms with E-state index in [-0.39, 0.29) is 0 Å². The summed E-state index contributed by atoms with van der Waals surface area (Å²) >= 11 is 0. The van der Waals surface area contributed by atoms with Gasteiger partial charge in [0.15, 0.2) is 0 Å². The number of nitrogens with zero attached hydrogens (tertiary/aromatic N) is 2. The van der Waals surface area contributed by atoms with Crippen LogP contribution < -0.4 is 19.2 Å². The Morgan fingerprint density at radius 1 is 0.939 bits per heavy atom. The Morgan fingerprint density at radius 3 is 2.09 bits per heavy atom. The summed E-state index contributed by atoms with van der Waals surface area (Å²) in [5.74, 6) is 1.33. The van der Waals surface area contributed by atoms with Crippen molar-refractivity contribution in [2.24, 2.45) is 5.10 Å². The minimum atomic E-state index is -3.75. The number of methoxy groups -OCH3 is 1. The predicted molar refractivity (Wildman–Crippen MR) is 128 cm³/mol. The van der Waals surface area contributed by atoms with E-state index in [2.05, 4.69) is 10.5 Å². The molecule has 0 aliphatic rings. The van der Waals surface area contributed by atoms with Crippen LogP contribution in [0.3, 0.4) is 0 Å². The first-order chi connectivity index (χ1) is 15.8. The number of rotatable bonds is 9. The minimum absolute atomic E-state index is 0.333. The first-order valence-corrected chi connectivity index (χ1v) is 11.9. The number of ether oxygens (including phenoxy) is 2. The van der Waals surface area contributed by atoms with Crippen LogP contribution in [0, 0.1) is 0 Å². The van der Waals surface area contributed by atoms with E-state index < -0.39 is 22.0 Å². The Labute approximate surface area is 193 Å². The fraction of sp³-hybridized carbons (Fsp3) is 0.167. The van der Waals surface area contributed by atoms with Crippen molar-refractivity contribution in [1.82, 2.24) is 5.43 Å². The molecule has 0 heterocycles. The van der Waals surface area contributed by atoms with Crippen molar-refractivity contribution in [3.05, 3.63) is 84.4 Å². The lowest BCUT2D eigenvalue weighted by Crippen LogP contribution is -2.46. The zero-order valence-electron chi connectivity index (χ0n) is 18.5. The van der Waals surface area contributed by atoms with Crippen LogP contribution in [0.1, 0.15) is 12.5 Å². The maximum atomic E-state index is 12.6. The van der Waals surface area contributed by atoms with Crippen LogP contribution in [0.4, 0.5) is 5.69 Å². The SMILES string of the molecule is COc1ccc(/C=N\NC(=O)[C@H](C)N(c2ccc(Oc3ccccc3)cc2)S(C)(=O)=O)cc1. The molecule has 9 heteroatoms. The van der Waals surface area contributed by atoms with Gasteiger partial charge in [0, 0.05) is 0 Å². The van der Waals surface area contributed by atoms with Crippen LogP contribution in [0.15, 0.2) is 84.0 Å². The van der Waals surface area contributed by atoms with E-state index in [1.165, 1.54) is 13.1 Å². The Kier molecular flexibility index (Phi) is 7.68. The van der Waals surface area contributed by atoms with Crippen LogP contribution >= 0.6 is 0 Å². The molecule has 0 saturated heterocycles. The lowest BCUT2D eigenvalue weighted by molar-refractivity contribution is -0.121. The van der Waals surface area contributed by atoms with Crippen molar-refractivity contribution in [3.8, 4) is 17.2 Å². The molecule has 1 atom stereocenters. The first kappa shape index (κ1) is 23.8. The third-order valence-corrected chi connectivity index (χ3v) is 5.90. The summed E-state index contributed by atoms with van der Waals surface area (Å²) in [6.07, 6.45) is 2.51. The number of carbonyl (C=O) groups excluding carboxylic acids is 1. The van der Waals surface area contributed by atoms with Crippen LogP contribution in [0.5, 0.6) is 17.2 Å². The summed E-state index contributed by atoms with van der Waals surface area (Å²) in [6, 6.07) is 21.7. The number of para-hydroxylation sites is 1. The van der Waals surface area contributed by atoms with Crippen molar-refractivity contribution in [2.75, 3.05) is 17.7 Å². The molecule has 0 fully saturated rings. The third kappa shape index (κ3) is 6.56. The van der Waals surface area contributed by atoms with Crippen molar-refractivity contribution in [3.63, 3.8) is 0 Å². The van der Waals surface area contributed by atoms with Crippen molar-refractivity contribution in [1.29, 1.82) is 0 Å². The molecule has 0 unspecified atom stereocenters. The van der Waals surface area contributed by atoms with Crippen LogP contribution in [0.25, 0.3) is 0 Å². The van der Waals surface area contributed by atoms with Gasteiger partial charge >= 0.3 is 0 Å². The number of hydrogen-bond donors (Lipinski definition) is 1. The molecule has 0 bridgehead atoms. The largest absolute Gasteiger partial charge is 0.497 e. The maximum Gasteiger partial charge on any atom is 0.263 e. The van der Waals surface area contributed by atoms with Gasteiger partial charge in [0.1, 0.15) is 23.3 Å². The van der Waals surface area contributed by atoms with E-state index in [4.69, 9.17) is 9.47 Å². The average Bonchev–Trinajstić information content (AvgIpc) is 2.80. The van der Waals surface area contributed by atoms with Gasteiger partial charge in [0.2, 0.25) is 10.0 Å². The van der Waals surface area contributed by atoms with Crippen molar-refractivity contribution in [2.45, 2.75) is 13.0 Å². The van der Waals surface area contributed by atoms with Gasteiger partial charge < -0.3 is 9.47 Å². The van der Waals surface area contributed by atoms with Gasteiger partial charge in [-0.1, -0.05) is 18.2 Å². The van der Waals surface area contributed by atoms with Crippen molar-refractivity contribution >= 4 is 27.8 Å². The Morgan fingerprint density at radius 2 is 1.52 bits per heavy atom. The summed E-state index contributed by atoms with van der Waals surface area (Å²) < 4.78 is 36.8. The smallest absolute Gasteiger partial charge is 0.263 e. The number of carbonyl (C=O) groups is 1. The molecule has 0 aromatic heterocycles. The summed E-state index contributed by atoms with van der Waals surface area (Å²) in [4.78, 5) is 12.6. The molecule has 3 aromatic carbocycles. The highest BCUT2D eigenvalue weighted by Gasteiger charge is 2.29. The molecule has 0 aliphatic heterocycles. The van der Waals surface area contributed by atoms with Crippen molar-refractivity contribution < 1.29 is 22.7 Å². The Balaban J connectivity index is 1.70. The molecular formula is C24H25N3O5S. The number of hydrogen-bond acceptors (Lipinski definition) is 6. The maximum absolute atomic E-state index is 12.6. The molecule has 8 nitrogen and oxygen atoms in total. The molecule has 1 N–H and O–H groups in total. The topological polar surface area (TPSA) is 97.3 Å². The highest BCUT2D eigenvalue weighted by atomic mass is 32.2. The van der Waals surface area contributed by atoms with Gasteiger partial charge in [-0.2, -0.15) is 5.10 Å². The third-order valence-electron chi connectivity index (χ3n) is 4.66. The molecule has 3 aromatic rings. The highest BCUT2D eigenvalue weighted by molar-refractivity contribution is 7.92. The molecular weight excluding hydrogens is 442 g/mol. The molecule has 3 rings (SSSR count). The molecule has 33 heavy (non-hydrogen) atoms. The van der Waals surface area contributed by atoms with Crippen LogP contribution in [-0.2, 0) is 14.8 Å². The lowest BCUT2D eigenvalue weighted by Gasteiger charge is -2.27. The number of sulfonamides is 1. The van der Waals surface area contributed by atoms with Gasteiger partial charge in [-0.05, 0) is 73.2 Å². The van der Waals surface area contributed by atoms with E-state index in [1.54, 1.807) is 55.6 Å². The number of benzene rings is 3. The predicted octanol–water partition coefficient (Wildman–Crippen LogP) is 3.79. The minimum Gasteiger partial charge on any atom is -0.497 e. The van der Waals surface area contributed by atoms with E-state index in [0.29, 0.717) is 22.9 Å². The number of nitrogens with one attached hydrogen (secondary N) is 1. The van der Waals surface area contributed by atoms with Crippen LogP contribution in [-0.4, -0.2) is 39.9 Å². The lowest BCUT2D eigenvalue weighted by atomic mass is 10.2. The molecule has 1 amide bonds. The normalized spacial score (nSPS) is 12.2. The fourth-order valence-electron chi connectivity index (χ4n) is 3.05. The highest BCUT2D eigenvalue weighted by Crippen LogP contribution is 2.26. The number of anilines is 1. The van der Waals surface area contributed by atoms with Crippen LogP contribution in [0.2, 0.25) is 0 Å². The van der Waals surface area contributed by atoms with E-state index in [1.807, 2.05) is 30.3 Å². The molecule has 0 aliphatic carbocycles. The second-order valence-electron chi connectivity index (χ2n) is 7.15. The molecule has 0 saturated carbocycles. The Hall–Kier alpha value is -3.85. The molecule has 0 spiro atoms. The Bertz CT molecular complexity index is 1200. The summed E-state index contributed by atoms with van der Waals surface area (Å²) in [5.41, 5.74) is 3.48. The number of hydrazone groups is 1. The summed E-state index contributed by atoms with van der Waals surface area (Å²) in [7, 11) is -2.18. The van der Waals surface area contributed by atoms with Gasteiger partial charge in [0.05, 0.1) is 25.3 Å². The van der Waals surface area contributed by atoms with Gasteiger partial charge in [-0.3, -0.25) is 9.10 Å². The van der Waals surface area contributed by atoms with E-state index in [9.17, 15) is 13.2 Å². The van der Waals surface area contributed by atoms with Gasteiger partial charge in [0.25, 0.3) is 5.91 Å². The van der Waals surface area contributed by atoms with E-state index >= 15 is 0 Å². The quantitative estimate of drug-likeness (QED) is 0.381. The summed E-state index contributed by atoms with van der Waals surface area (Å²) in [6.45, 7) is 1.49. The average molecular weight is 468 g/mol.